The van der Waals surface area contributed by atoms with Crippen LogP contribution in [0.5, 0.6) is 0 Å². The van der Waals surface area contributed by atoms with Crippen LogP contribution in [0.25, 0.3) is 11.5 Å². The van der Waals surface area contributed by atoms with Crippen molar-refractivity contribution < 1.29 is 18.9 Å². The number of nitro groups is 1. The van der Waals surface area contributed by atoms with Gasteiger partial charge in [-0.25, -0.2) is 0 Å². The van der Waals surface area contributed by atoms with Crippen LogP contribution in [0.4, 0.5) is 5.69 Å². The van der Waals surface area contributed by atoms with E-state index in [-0.39, 0.29) is 36.0 Å². The second-order valence-corrected chi connectivity index (χ2v) is 5.44. The maximum atomic E-state index is 11.7. The first-order valence-corrected chi connectivity index (χ1v) is 7.51. The zero-order chi connectivity index (χ0) is 16.9. The van der Waals surface area contributed by atoms with Crippen molar-refractivity contribution in [3.63, 3.8) is 0 Å². The summed E-state index contributed by atoms with van der Waals surface area (Å²) in [5.74, 6) is 0.339. The van der Waals surface area contributed by atoms with E-state index in [1.54, 1.807) is 0 Å². The van der Waals surface area contributed by atoms with E-state index >= 15 is 0 Å². The van der Waals surface area contributed by atoms with Gasteiger partial charge >= 0.3 is 5.97 Å². The number of aromatic nitrogens is 2. The second kappa shape index (κ2) is 7.03. The summed E-state index contributed by atoms with van der Waals surface area (Å²) in [6.45, 7) is -0.0880. The number of esters is 1. The number of ether oxygens (including phenoxy) is 1. The van der Waals surface area contributed by atoms with Crippen molar-refractivity contribution >= 4 is 11.7 Å². The molecule has 0 spiro atoms. The minimum absolute atomic E-state index is 0.0200. The molecule has 1 heterocycles. The standard InChI is InChI=1S/C16H15N3O5/c20-15(9-11-3-1-2-4-11)23-10-14-17-18-16(24-14)12-5-7-13(8-6-12)19(21)22/h1,3,5-8,11H,2,4,9-10H2/t11-/m0/s1. The molecule has 0 N–H and O–H groups in total. The van der Waals surface area contributed by atoms with E-state index in [0.717, 1.165) is 12.8 Å². The van der Waals surface area contributed by atoms with Crippen molar-refractivity contribution in [1.29, 1.82) is 0 Å². The molecule has 1 aromatic carbocycles. The van der Waals surface area contributed by atoms with Gasteiger partial charge < -0.3 is 9.15 Å². The second-order valence-electron chi connectivity index (χ2n) is 5.44. The molecule has 8 nitrogen and oxygen atoms in total. The number of nitro benzene ring substituents is 1. The van der Waals surface area contributed by atoms with E-state index in [9.17, 15) is 14.9 Å². The summed E-state index contributed by atoms with van der Waals surface area (Å²) in [5.41, 5.74) is 0.537. The molecule has 0 radical (unpaired) electrons. The molecule has 1 atom stereocenters. The Balaban J connectivity index is 1.56. The third kappa shape index (κ3) is 3.83. The first kappa shape index (κ1) is 15.9. The first-order valence-electron chi connectivity index (χ1n) is 7.51. The average molecular weight is 329 g/mol. The molecule has 124 valence electrons. The summed E-state index contributed by atoms with van der Waals surface area (Å²) in [6, 6.07) is 5.75. The van der Waals surface area contributed by atoms with Crippen LogP contribution in [0.2, 0.25) is 0 Å². The number of hydrogen-bond acceptors (Lipinski definition) is 7. The molecular weight excluding hydrogens is 314 g/mol. The van der Waals surface area contributed by atoms with E-state index < -0.39 is 4.92 Å². The first-order chi connectivity index (χ1) is 11.6. The summed E-state index contributed by atoms with van der Waals surface area (Å²) in [6.07, 6.45) is 6.41. The smallest absolute Gasteiger partial charge is 0.306 e. The molecule has 1 aliphatic carbocycles. The number of nitrogens with zero attached hydrogens (tertiary/aromatic N) is 3. The Morgan fingerprint density at radius 3 is 2.79 bits per heavy atom. The normalized spacial score (nSPS) is 16.2. The van der Waals surface area contributed by atoms with Gasteiger partial charge in [-0.15, -0.1) is 10.2 Å². The molecule has 0 bridgehead atoms. The Morgan fingerprint density at radius 2 is 2.12 bits per heavy atom. The minimum atomic E-state index is -0.484. The van der Waals surface area contributed by atoms with Gasteiger partial charge in [0.05, 0.1) is 11.3 Å². The molecule has 0 amide bonds. The highest BCUT2D eigenvalue weighted by Crippen LogP contribution is 2.22. The largest absolute Gasteiger partial charge is 0.456 e. The third-order valence-corrected chi connectivity index (χ3v) is 3.69. The fraction of sp³-hybridized carbons (Fsp3) is 0.312. The molecule has 3 rings (SSSR count). The van der Waals surface area contributed by atoms with Crippen molar-refractivity contribution in [2.45, 2.75) is 25.9 Å². The molecule has 1 aromatic heterocycles. The van der Waals surface area contributed by atoms with Crippen molar-refractivity contribution in [2.75, 3.05) is 0 Å². The van der Waals surface area contributed by atoms with Crippen molar-refractivity contribution in [3.05, 3.63) is 52.4 Å². The van der Waals surface area contributed by atoms with Crippen molar-refractivity contribution in [1.82, 2.24) is 10.2 Å². The molecule has 0 unspecified atom stereocenters. The van der Waals surface area contributed by atoms with Crippen LogP contribution >= 0.6 is 0 Å². The van der Waals surface area contributed by atoms with Crippen LogP contribution in [-0.4, -0.2) is 21.1 Å². The Labute approximate surface area is 137 Å². The van der Waals surface area contributed by atoms with E-state index in [0.29, 0.717) is 12.0 Å². The average Bonchev–Trinajstić information content (AvgIpc) is 3.24. The summed E-state index contributed by atoms with van der Waals surface area (Å²) in [4.78, 5) is 21.9. The number of carbonyl (C=O) groups excluding carboxylic acids is 1. The Hall–Kier alpha value is -3.03. The molecule has 0 saturated heterocycles. The van der Waals surface area contributed by atoms with Crippen LogP contribution in [0.15, 0.2) is 40.8 Å². The van der Waals surface area contributed by atoms with Gasteiger partial charge in [0.25, 0.3) is 11.6 Å². The Morgan fingerprint density at radius 1 is 1.33 bits per heavy atom. The summed E-state index contributed by atoms with van der Waals surface area (Å²) < 4.78 is 10.5. The summed E-state index contributed by atoms with van der Waals surface area (Å²) >= 11 is 0. The van der Waals surface area contributed by atoms with E-state index in [1.165, 1.54) is 24.3 Å². The fourth-order valence-corrected chi connectivity index (χ4v) is 2.43. The number of hydrogen-bond donors (Lipinski definition) is 0. The SMILES string of the molecule is O=C(C[C@H]1C=CCC1)OCc1nnc(-c2ccc([N+](=O)[O-])cc2)o1. The lowest BCUT2D eigenvalue weighted by Gasteiger charge is -2.06. The molecule has 0 fully saturated rings. The highest BCUT2D eigenvalue weighted by molar-refractivity contribution is 5.70. The zero-order valence-corrected chi connectivity index (χ0v) is 12.8. The van der Waals surface area contributed by atoms with Crippen LogP contribution in [0.3, 0.4) is 0 Å². The van der Waals surface area contributed by atoms with Crippen molar-refractivity contribution in [2.24, 2.45) is 5.92 Å². The summed E-state index contributed by atoms with van der Waals surface area (Å²) in [5, 5.41) is 18.3. The lowest BCUT2D eigenvalue weighted by molar-refractivity contribution is -0.384. The number of carbonyl (C=O) groups is 1. The predicted molar refractivity (Wildman–Crippen MR) is 82.7 cm³/mol. The highest BCUT2D eigenvalue weighted by Gasteiger charge is 2.16. The Kier molecular flexibility index (Phi) is 4.64. The van der Waals surface area contributed by atoms with Gasteiger partial charge in [-0.05, 0) is 30.9 Å². The zero-order valence-electron chi connectivity index (χ0n) is 12.8. The van der Waals surface area contributed by atoms with Crippen molar-refractivity contribution in [3.8, 4) is 11.5 Å². The molecule has 0 saturated carbocycles. The lowest BCUT2D eigenvalue weighted by Crippen LogP contribution is -2.09. The molecule has 24 heavy (non-hydrogen) atoms. The van der Waals surface area contributed by atoms with Crippen LogP contribution < -0.4 is 0 Å². The fourth-order valence-electron chi connectivity index (χ4n) is 2.43. The minimum Gasteiger partial charge on any atom is -0.456 e. The molecule has 0 aliphatic heterocycles. The van der Waals surface area contributed by atoms with Gasteiger partial charge in [-0.3, -0.25) is 14.9 Å². The quantitative estimate of drug-likeness (QED) is 0.347. The number of non-ortho nitro benzene ring substituents is 1. The predicted octanol–water partition coefficient (Wildman–Crippen LogP) is 3.04. The van der Waals surface area contributed by atoms with Gasteiger partial charge in [0.2, 0.25) is 5.89 Å². The van der Waals surface area contributed by atoms with Gasteiger partial charge in [-0.2, -0.15) is 0 Å². The molecule has 2 aromatic rings. The highest BCUT2D eigenvalue weighted by atomic mass is 16.6. The van der Waals surface area contributed by atoms with E-state index in [1.807, 2.05) is 6.08 Å². The maximum Gasteiger partial charge on any atom is 0.306 e. The van der Waals surface area contributed by atoms with E-state index in [4.69, 9.17) is 9.15 Å². The molecule has 1 aliphatic rings. The molecule has 8 heteroatoms. The van der Waals surface area contributed by atoms with Crippen LogP contribution in [0, 0.1) is 16.0 Å². The lowest BCUT2D eigenvalue weighted by atomic mass is 10.1. The Bertz CT molecular complexity index is 766. The van der Waals surface area contributed by atoms with Crippen LogP contribution in [0.1, 0.15) is 25.2 Å². The topological polar surface area (TPSA) is 108 Å². The van der Waals surface area contributed by atoms with Gasteiger partial charge in [0.1, 0.15) is 0 Å². The monoisotopic (exact) mass is 329 g/mol. The van der Waals surface area contributed by atoms with Gasteiger partial charge in [0, 0.05) is 17.7 Å². The van der Waals surface area contributed by atoms with Gasteiger partial charge in [0.15, 0.2) is 6.61 Å². The number of allylic oxidation sites excluding steroid dienone is 2. The maximum absolute atomic E-state index is 11.7. The summed E-state index contributed by atoms with van der Waals surface area (Å²) in [7, 11) is 0. The number of rotatable bonds is 6. The van der Waals surface area contributed by atoms with Gasteiger partial charge in [-0.1, -0.05) is 12.2 Å². The third-order valence-electron chi connectivity index (χ3n) is 3.69. The number of benzene rings is 1. The molecular formula is C16H15N3O5. The van der Waals surface area contributed by atoms with Crippen LogP contribution in [-0.2, 0) is 16.1 Å². The van der Waals surface area contributed by atoms with E-state index in [2.05, 4.69) is 16.3 Å².